The standard InChI is InChI=1S/C10H17N3O/c1-14-10(3-2-4-10)5-6-13-8-9(11)7-12-13/h7-8H,2-6,11H2,1H3. The number of rotatable bonds is 4. The molecule has 0 bridgehead atoms. The van der Waals surface area contributed by atoms with Gasteiger partial charge in [-0.15, -0.1) is 0 Å². The zero-order valence-corrected chi connectivity index (χ0v) is 8.57. The molecule has 2 N–H and O–H groups in total. The number of ether oxygens (including phenoxy) is 1. The molecule has 0 aromatic carbocycles. The Morgan fingerprint density at radius 1 is 1.64 bits per heavy atom. The third kappa shape index (κ3) is 1.75. The summed E-state index contributed by atoms with van der Waals surface area (Å²) in [5.74, 6) is 0. The topological polar surface area (TPSA) is 53.1 Å². The summed E-state index contributed by atoms with van der Waals surface area (Å²) in [6, 6.07) is 0. The van der Waals surface area contributed by atoms with Crippen LogP contribution >= 0.6 is 0 Å². The monoisotopic (exact) mass is 195 g/mol. The first-order valence-electron chi connectivity index (χ1n) is 5.07. The Morgan fingerprint density at radius 3 is 2.86 bits per heavy atom. The van der Waals surface area contributed by atoms with Crippen molar-refractivity contribution in [2.75, 3.05) is 12.8 Å². The van der Waals surface area contributed by atoms with E-state index in [2.05, 4.69) is 5.10 Å². The number of hydrogen-bond donors (Lipinski definition) is 1. The van der Waals surface area contributed by atoms with Gasteiger partial charge in [0.2, 0.25) is 0 Å². The summed E-state index contributed by atoms with van der Waals surface area (Å²) in [6.07, 6.45) is 8.22. The highest BCUT2D eigenvalue weighted by atomic mass is 16.5. The first-order valence-corrected chi connectivity index (χ1v) is 5.07. The van der Waals surface area contributed by atoms with Gasteiger partial charge < -0.3 is 10.5 Å². The van der Waals surface area contributed by atoms with Crippen LogP contribution in [0.1, 0.15) is 25.7 Å². The molecule has 1 saturated carbocycles. The van der Waals surface area contributed by atoms with E-state index in [0.29, 0.717) is 0 Å². The number of nitrogens with zero attached hydrogens (tertiary/aromatic N) is 2. The predicted molar refractivity (Wildman–Crippen MR) is 54.8 cm³/mol. The Morgan fingerprint density at radius 2 is 2.43 bits per heavy atom. The van der Waals surface area contributed by atoms with E-state index in [1.54, 1.807) is 13.3 Å². The molecule has 0 radical (unpaired) electrons. The van der Waals surface area contributed by atoms with Gasteiger partial charge in [0.05, 0.1) is 17.5 Å². The zero-order valence-electron chi connectivity index (χ0n) is 8.57. The molecule has 4 nitrogen and oxygen atoms in total. The van der Waals surface area contributed by atoms with Crippen LogP contribution in [0.4, 0.5) is 5.69 Å². The summed E-state index contributed by atoms with van der Waals surface area (Å²) in [4.78, 5) is 0. The zero-order chi connectivity index (χ0) is 10.0. The fourth-order valence-electron chi connectivity index (χ4n) is 1.95. The minimum absolute atomic E-state index is 0.126. The molecular weight excluding hydrogens is 178 g/mol. The molecule has 4 heteroatoms. The van der Waals surface area contributed by atoms with Crippen molar-refractivity contribution in [2.24, 2.45) is 0 Å². The van der Waals surface area contributed by atoms with Crippen molar-refractivity contribution in [1.82, 2.24) is 9.78 Å². The van der Waals surface area contributed by atoms with Gasteiger partial charge in [0.25, 0.3) is 0 Å². The normalized spacial score (nSPS) is 19.2. The minimum atomic E-state index is 0.126. The highest BCUT2D eigenvalue weighted by Gasteiger charge is 2.36. The van der Waals surface area contributed by atoms with Crippen LogP contribution in [-0.2, 0) is 11.3 Å². The molecule has 14 heavy (non-hydrogen) atoms. The SMILES string of the molecule is COC1(CCn2cc(N)cn2)CCC1. The lowest BCUT2D eigenvalue weighted by Gasteiger charge is -2.40. The molecule has 1 aliphatic carbocycles. The van der Waals surface area contributed by atoms with Gasteiger partial charge in [-0.1, -0.05) is 0 Å². The number of aryl methyl sites for hydroxylation is 1. The van der Waals surface area contributed by atoms with Crippen LogP contribution in [0.25, 0.3) is 0 Å². The van der Waals surface area contributed by atoms with Crippen molar-refractivity contribution in [3.63, 3.8) is 0 Å². The summed E-state index contributed by atoms with van der Waals surface area (Å²) in [6.45, 7) is 0.894. The molecule has 1 fully saturated rings. The molecule has 0 amide bonds. The number of nitrogen functional groups attached to an aromatic ring is 1. The maximum Gasteiger partial charge on any atom is 0.0719 e. The van der Waals surface area contributed by atoms with E-state index in [0.717, 1.165) is 18.7 Å². The summed E-state index contributed by atoms with van der Waals surface area (Å²) in [5, 5.41) is 4.15. The molecule has 0 aliphatic heterocycles. The molecule has 0 spiro atoms. The summed E-state index contributed by atoms with van der Waals surface area (Å²) in [7, 11) is 1.80. The van der Waals surface area contributed by atoms with Crippen molar-refractivity contribution in [3.05, 3.63) is 12.4 Å². The van der Waals surface area contributed by atoms with E-state index in [9.17, 15) is 0 Å². The van der Waals surface area contributed by atoms with E-state index in [4.69, 9.17) is 10.5 Å². The van der Waals surface area contributed by atoms with E-state index in [1.165, 1.54) is 19.3 Å². The van der Waals surface area contributed by atoms with Gasteiger partial charge in [0.1, 0.15) is 0 Å². The van der Waals surface area contributed by atoms with E-state index >= 15 is 0 Å². The van der Waals surface area contributed by atoms with Crippen LogP contribution in [0, 0.1) is 0 Å². The molecule has 0 atom stereocenters. The first-order chi connectivity index (χ1) is 6.74. The van der Waals surface area contributed by atoms with E-state index in [1.807, 2.05) is 10.9 Å². The molecule has 1 heterocycles. The van der Waals surface area contributed by atoms with Crippen molar-refractivity contribution < 1.29 is 4.74 Å². The van der Waals surface area contributed by atoms with Crippen LogP contribution in [0.15, 0.2) is 12.4 Å². The molecule has 1 aromatic rings. The smallest absolute Gasteiger partial charge is 0.0719 e. The summed E-state index contributed by atoms with van der Waals surface area (Å²) >= 11 is 0. The maximum absolute atomic E-state index is 5.58. The van der Waals surface area contributed by atoms with E-state index in [-0.39, 0.29) is 5.60 Å². The minimum Gasteiger partial charge on any atom is -0.396 e. The fourth-order valence-corrected chi connectivity index (χ4v) is 1.95. The Labute approximate surface area is 84.0 Å². The third-order valence-corrected chi connectivity index (χ3v) is 3.15. The van der Waals surface area contributed by atoms with Gasteiger partial charge in [-0.25, -0.2) is 0 Å². The quantitative estimate of drug-likeness (QED) is 0.790. The largest absolute Gasteiger partial charge is 0.396 e. The van der Waals surface area contributed by atoms with Crippen molar-refractivity contribution >= 4 is 5.69 Å². The summed E-state index contributed by atoms with van der Waals surface area (Å²) < 4.78 is 7.41. The fraction of sp³-hybridized carbons (Fsp3) is 0.700. The van der Waals surface area contributed by atoms with Gasteiger partial charge in [-0.05, 0) is 25.7 Å². The lowest BCUT2D eigenvalue weighted by Crippen LogP contribution is -2.40. The number of anilines is 1. The number of nitrogens with two attached hydrogens (primary N) is 1. The van der Waals surface area contributed by atoms with Crippen molar-refractivity contribution in [2.45, 2.75) is 37.8 Å². The molecule has 1 aromatic heterocycles. The van der Waals surface area contributed by atoms with Crippen LogP contribution in [-0.4, -0.2) is 22.5 Å². The van der Waals surface area contributed by atoms with Crippen molar-refractivity contribution in [3.8, 4) is 0 Å². The summed E-state index contributed by atoms with van der Waals surface area (Å²) in [5.41, 5.74) is 6.43. The van der Waals surface area contributed by atoms with E-state index < -0.39 is 0 Å². The van der Waals surface area contributed by atoms with Gasteiger partial charge in [0, 0.05) is 19.9 Å². The van der Waals surface area contributed by atoms with Crippen LogP contribution < -0.4 is 5.73 Å². The molecule has 0 unspecified atom stereocenters. The van der Waals surface area contributed by atoms with Crippen LogP contribution in [0.3, 0.4) is 0 Å². The van der Waals surface area contributed by atoms with Gasteiger partial charge >= 0.3 is 0 Å². The molecule has 78 valence electrons. The Balaban J connectivity index is 1.87. The van der Waals surface area contributed by atoms with Gasteiger partial charge in [0.15, 0.2) is 0 Å². The lowest BCUT2D eigenvalue weighted by atomic mass is 9.77. The molecule has 1 aliphatic rings. The Hall–Kier alpha value is -1.03. The average molecular weight is 195 g/mol. The second kappa shape index (κ2) is 3.61. The first kappa shape index (κ1) is 9.52. The highest BCUT2D eigenvalue weighted by Crippen LogP contribution is 2.38. The number of aromatic nitrogens is 2. The third-order valence-electron chi connectivity index (χ3n) is 3.15. The second-order valence-electron chi connectivity index (χ2n) is 4.03. The maximum atomic E-state index is 5.58. The Kier molecular flexibility index (Phi) is 2.46. The average Bonchev–Trinajstić information content (AvgIpc) is 2.50. The number of methoxy groups -OCH3 is 1. The Bertz CT molecular complexity index is 299. The second-order valence-corrected chi connectivity index (χ2v) is 4.03. The molecular formula is C10H17N3O. The molecule has 0 saturated heterocycles. The highest BCUT2D eigenvalue weighted by molar-refractivity contribution is 5.30. The van der Waals surface area contributed by atoms with Crippen molar-refractivity contribution in [1.29, 1.82) is 0 Å². The lowest BCUT2D eigenvalue weighted by molar-refractivity contribution is -0.0804. The molecule has 2 rings (SSSR count). The van der Waals surface area contributed by atoms with Crippen LogP contribution in [0.2, 0.25) is 0 Å². The van der Waals surface area contributed by atoms with Gasteiger partial charge in [-0.2, -0.15) is 5.10 Å². The predicted octanol–water partition coefficient (Wildman–Crippen LogP) is 1.42. The number of hydrogen-bond acceptors (Lipinski definition) is 3. The van der Waals surface area contributed by atoms with Crippen LogP contribution in [0.5, 0.6) is 0 Å². The van der Waals surface area contributed by atoms with Gasteiger partial charge in [-0.3, -0.25) is 4.68 Å².